The Morgan fingerprint density at radius 2 is 1.87 bits per heavy atom. The second-order valence-electron chi connectivity index (χ2n) is 7.28. The molecule has 1 aromatic carbocycles. The molecule has 1 aromatic heterocycles. The molecule has 0 unspecified atom stereocenters. The molecule has 1 aliphatic carbocycles. The van der Waals surface area contributed by atoms with Gasteiger partial charge in [0.15, 0.2) is 0 Å². The Hall–Kier alpha value is -1.68. The molecule has 1 N–H and O–H groups in total. The van der Waals surface area contributed by atoms with Gasteiger partial charge >= 0.3 is 0 Å². The van der Waals surface area contributed by atoms with Crippen LogP contribution < -0.4 is 5.32 Å². The van der Waals surface area contributed by atoms with E-state index in [0.29, 0.717) is 4.88 Å². The van der Waals surface area contributed by atoms with Gasteiger partial charge in [-0.1, -0.05) is 33.3 Å². The van der Waals surface area contributed by atoms with E-state index in [9.17, 15) is 4.79 Å². The number of aryl methyl sites for hydroxylation is 2. The molecule has 1 heterocycles. The summed E-state index contributed by atoms with van der Waals surface area (Å²) in [6.07, 6.45) is 7.78. The van der Waals surface area contributed by atoms with Crippen LogP contribution in [0.25, 0.3) is 0 Å². The molecule has 3 rings (SSSR count). The molecule has 3 nitrogen and oxygen atoms in total. The second-order valence-corrected chi connectivity index (χ2v) is 8.31. The second kappa shape index (κ2) is 6.44. The summed E-state index contributed by atoms with van der Waals surface area (Å²) in [6, 6.07) is 6.33. The largest absolute Gasteiger partial charge is 0.321 e. The minimum Gasteiger partial charge on any atom is -0.321 e. The predicted octanol–water partition coefficient (Wildman–Crippen LogP) is 4.96. The van der Waals surface area contributed by atoms with Crippen molar-refractivity contribution in [1.29, 1.82) is 0 Å². The summed E-state index contributed by atoms with van der Waals surface area (Å²) in [7, 11) is 0. The highest BCUT2D eigenvalue weighted by Crippen LogP contribution is 2.28. The molecule has 0 spiro atoms. The molecule has 1 aliphatic rings. The summed E-state index contributed by atoms with van der Waals surface area (Å²) < 4.78 is 0. The average Bonchev–Trinajstić information content (AvgIpc) is 2.88. The molecule has 23 heavy (non-hydrogen) atoms. The van der Waals surface area contributed by atoms with Crippen molar-refractivity contribution < 1.29 is 4.79 Å². The van der Waals surface area contributed by atoms with Crippen molar-refractivity contribution >= 4 is 22.9 Å². The van der Waals surface area contributed by atoms with Gasteiger partial charge in [-0.25, -0.2) is 4.98 Å². The maximum atomic E-state index is 12.4. The van der Waals surface area contributed by atoms with Gasteiger partial charge in [0.2, 0.25) is 0 Å². The number of carbonyl (C=O) groups is 1. The number of anilines is 1. The number of thiazole rings is 1. The van der Waals surface area contributed by atoms with Gasteiger partial charge in [0.25, 0.3) is 5.91 Å². The van der Waals surface area contributed by atoms with Crippen LogP contribution in [0.2, 0.25) is 0 Å². The lowest BCUT2D eigenvalue weighted by atomic mass is 9.98. The monoisotopic (exact) mass is 328 g/mol. The van der Waals surface area contributed by atoms with Gasteiger partial charge in [0.05, 0.1) is 11.2 Å². The van der Waals surface area contributed by atoms with E-state index >= 15 is 0 Å². The van der Waals surface area contributed by atoms with Gasteiger partial charge in [0, 0.05) is 11.1 Å². The van der Waals surface area contributed by atoms with E-state index < -0.39 is 0 Å². The summed E-state index contributed by atoms with van der Waals surface area (Å²) in [5.41, 5.74) is 3.70. The lowest BCUT2D eigenvalue weighted by molar-refractivity contribution is 0.103. The van der Waals surface area contributed by atoms with Crippen LogP contribution in [-0.4, -0.2) is 10.9 Å². The van der Waals surface area contributed by atoms with Crippen molar-refractivity contribution in [2.45, 2.75) is 58.3 Å². The molecule has 0 saturated heterocycles. The Labute approximate surface area is 142 Å². The number of fused-ring (bicyclic) bond motifs is 1. The Balaban J connectivity index is 1.75. The molecule has 122 valence electrons. The molecule has 0 bridgehead atoms. The van der Waals surface area contributed by atoms with Crippen molar-refractivity contribution in [2.24, 2.45) is 0 Å². The van der Waals surface area contributed by atoms with Crippen LogP contribution in [0, 0.1) is 0 Å². The maximum Gasteiger partial charge on any atom is 0.267 e. The number of nitrogens with one attached hydrogen (secondary N) is 1. The number of hydrogen-bond acceptors (Lipinski definition) is 3. The SMILES string of the molecule is CC(C)(C)c1ncc(C(=O)Nc2ccc3c(c2)CCCCC3)s1. The molecule has 0 aliphatic heterocycles. The third-order valence-electron chi connectivity index (χ3n) is 4.23. The highest BCUT2D eigenvalue weighted by atomic mass is 32.1. The van der Waals surface area contributed by atoms with Gasteiger partial charge < -0.3 is 5.32 Å². The molecular formula is C19H24N2OS. The zero-order valence-corrected chi connectivity index (χ0v) is 14.9. The van der Waals surface area contributed by atoms with Crippen LogP contribution in [0.4, 0.5) is 5.69 Å². The number of carbonyl (C=O) groups excluding carboxylic acids is 1. The summed E-state index contributed by atoms with van der Waals surface area (Å²) in [6.45, 7) is 6.33. The minimum atomic E-state index is -0.0634. The third kappa shape index (κ3) is 3.81. The fraction of sp³-hybridized carbons (Fsp3) is 0.474. The Morgan fingerprint density at radius 3 is 2.57 bits per heavy atom. The van der Waals surface area contributed by atoms with Crippen LogP contribution >= 0.6 is 11.3 Å². The van der Waals surface area contributed by atoms with E-state index in [4.69, 9.17) is 0 Å². The highest BCUT2D eigenvalue weighted by Gasteiger charge is 2.20. The van der Waals surface area contributed by atoms with Crippen LogP contribution in [-0.2, 0) is 18.3 Å². The van der Waals surface area contributed by atoms with Crippen LogP contribution in [0.5, 0.6) is 0 Å². The van der Waals surface area contributed by atoms with Gasteiger partial charge in [-0.2, -0.15) is 0 Å². The standard InChI is InChI=1S/C19H24N2OS/c1-19(2,3)18-20-12-16(23-18)17(22)21-15-10-9-13-7-5-4-6-8-14(13)11-15/h9-12H,4-8H2,1-3H3,(H,21,22). The zero-order chi connectivity index (χ0) is 16.4. The summed E-state index contributed by atoms with van der Waals surface area (Å²) in [4.78, 5) is 17.5. The molecular weight excluding hydrogens is 304 g/mol. The molecule has 0 atom stereocenters. The Bertz CT molecular complexity index is 712. The normalized spacial score (nSPS) is 14.9. The van der Waals surface area contributed by atoms with E-state index in [2.05, 4.69) is 43.2 Å². The molecule has 0 saturated carbocycles. The molecule has 2 aromatic rings. The van der Waals surface area contributed by atoms with E-state index in [-0.39, 0.29) is 11.3 Å². The predicted molar refractivity (Wildman–Crippen MR) is 96.5 cm³/mol. The first-order valence-corrected chi connectivity index (χ1v) is 9.14. The van der Waals surface area contributed by atoms with Gasteiger partial charge in [-0.15, -0.1) is 11.3 Å². The van der Waals surface area contributed by atoms with Crippen molar-refractivity contribution in [3.8, 4) is 0 Å². The van der Waals surface area contributed by atoms with E-state index in [1.165, 1.54) is 41.7 Å². The van der Waals surface area contributed by atoms with Gasteiger partial charge in [-0.3, -0.25) is 4.79 Å². The number of benzene rings is 1. The number of rotatable bonds is 2. The van der Waals surface area contributed by atoms with Crippen LogP contribution in [0.1, 0.15) is 65.8 Å². The van der Waals surface area contributed by atoms with E-state index in [1.807, 2.05) is 6.07 Å². The summed E-state index contributed by atoms with van der Waals surface area (Å²) in [5.74, 6) is -0.0634. The maximum absolute atomic E-state index is 12.4. The zero-order valence-electron chi connectivity index (χ0n) is 14.1. The molecule has 0 radical (unpaired) electrons. The van der Waals surface area contributed by atoms with Gasteiger partial charge in [-0.05, 0) is 48.9 Å². The summed E-state index contributed by atoms with van der Waals surface area (Å²) in [5, 5.41) is 4.02. The Kier molecular flexibility index (Phi) is 4.53. The van der Waals surface area contributed by atoms with E-state index in [1.54, 1.807) is 6.20 Å². The number of amides is 1. The number of hydrogen-bond donors (Lipinski definition) is 1. The number of nitrogens with zero attached hydrogens (tertiary/aromatic N) is 1. The van der Waals surface area contributed by atoms with Gasteiger partial charge in [0.1, 0.15) is 4.88 Å². The topological polar surface area (TPSA) is 42.0 Å². The smallest absolute Gasteiger partial charge is 0.267 e. The van der Waals surface area contributed by atoms with Crippen LogP contribution in [0.3, 0.4) is 0 Å². The van der Waals surface area contributed by atoms with Crippen molar-refractivity contribution in [3.05, 3.63) is 45.4 Å². The summed E-state index contributed by atoms with van der Waals surface area (Å²) >= 11 is 1.48. The first-order valence-electron chi connectivity index (χ1n) is 8.33. The highest BCUT2D eigenvalue weighted by molar-refractivity contribution is 7.13. The number of aromatic nitrogens is 1. The van der Waals surface area contributed by atoms with Crippen molar-refractivity contribution in [3.63, 3.8) is 0 Å². The van der Waals surface area contributed by atoms with Crippen LogP contribution in [0.15, 0.2) is 24.4 Å². The fourth-order valence-electron chi connectivity index (χ4n) is 2.91. The first kappa shape index (κ1) is 16.2. The molecule has 1 amide bonds. The molecule has 4 heteroatoms. The van der Waals surface area contributed by atoms with E-state index in [0.717, 1.165) is 23.5 Å². The molecule has 0 fully saturated rings. The lowest BCUT2D eigenvalue weighted by Gasteiger charge is -2.13. The van der Waals surface area contributed by atoms with Crippen molar-refractivity contribution in [2.75, 3.05) is 5.32 Å². The van der Waals surface area contributed by atoms with Crippen molar-refractivity contribution in [1.82, 2.24) is 4.98 Å². The average molecular weight is 328 g/mol. The third-order valence-corrected chi connectivity index (χ3v) is 5.65. The fourth-order valence-corrected chi connectivity index (χ4v) is 3.78. The lowest BCUT2D eigenvalue weighted by Crippen LogP contribution is -2.11. The minimum absolute atomic E-state index is 0.0206. The first-order chi connectivity index (χ1) is 10.9. The Morgan fingerprint density at radius 1 is 1.13 bits per heavy atom. The quantitative estimate of drug-likeness (QED) is 0.792.